The molecule has 0 aliphatic heterocycles. The minimum absolute atomic E-state index is 0.0438. The van der Waals surface area contributed by atoms with Crippen LogP contribution in [-0.4, -0.2) is 89.0 Å². The molecular weight excluding hydrogens is 570 g/mol. The normalized spacial score (nSPS) is 12.6. The third-order valence-electron chi connectivity index (χ3n) is 6.49. The van der Waals surface area contributed by atoms with Crippen LogP contribution in [0.25, 0.3) is 0 Å². The first-order valence-electron chi connectivity index (χ1n) is 13.9. The standard InChI is InChI=1S/C29H41N9O6/c1-38(15-13-24(40)41)27(44)23(17-18-6-3-2-4-7-18)36-25(42)21(8-5-14-34-28(30)31)35-26(43)22(37-29(32)33)16-19-9-11-20(39)12-10-19/h2-4,6-7,9-12,21-23,39H,5,8,13-17H2,1H3,(H,35,43)(H,36,42)(H,40,41)(H4,30,31,34)(H4,32,33,37). The molecule has 44 heavy (non-hydrogen) atoms. The van der Waals surface area contributed by atoms with Crippen molar-refractivity contribution in [2.75, 3.05) is 20.1 Å². The topological polar surface area (TPSA) is 265 Å². The Bertz CT molecular complexity index is 1310. The highest BCUT2D eigenvalue weighted by Crippen LogP contribution is 2.14. The Kier molecular flexibility index (Phi) is 13.9. The fourth-order valence-corrected chi connectivity index (χ4v) is 4.23. The van der Waals surface area contributed by atoms with Crippen LogP contribution in [0, 0.1) is 0 Å². The van der Waals surface area contributed by atoms with E-state index in [1.165, 1.54) is 24.1 Å². The molecule has 0 aliphatic carbocycles. The summed E-state index contributed by atoms with van der Waals surface area (Å²) in [6.07, 6.45) is 0.315. The van der Waals surface area contributed by atoms with Gasteiger partial charge in [0, 0.05) is 33.0 Å². The number of nitrogens with zero attached hydrogens (tertiary/aromatic N) is 3. The van der Waals surface area contributed by atoms with E-state index in [-0.39, 0.29) is 56.4 Å². The van der Waals surface area contributed by atoms with Crippen molar-refractivity contribution in [3.05, 3.63) is 65.7 Å². The van der Waals surface area contributed by atoms with Gasteiger partial charge in [-0.15, -0.1) is 0 Å². The predicted octanol–water partition coefficient (Wildman–Crippen LogP) is -1.22. The lowest BCUT2D eigenvalue weighted by atomic mass is 10.0. The molecule has 15 nitrogen and oxygen atoms in total. The van der Waals surface area contributed by atoms with Crippen LogP contribution >= 0.6 is 0 Å². The average Bonchev–Trinajstić information content (AvgIpc) is 2.97. The number of carboxylic acid groups (broad SMARTS) is 1. The number of carbonyl (C=O) groups excluding carboxylic acids is 3. The van der Waals surface area contributed by atoms with Crippen LogP contribution in [0.1, 0.15) is 30.4 Å². The lowest BCUT2D eigenvalue weighted by Gasteiger charge is -2.27. The Morgan fingerprint density at radius 1 is 0.841 bits per heavy atom. The summed E-state index contributed by atoms with van der Waals surface area (Å²) in [6, 6.07) is 11.8. The lowest BCUT2D eigenvalue weighted by Crippen LogP contribution is -2.56. The number of aliphatic carboxylic acids is 1. The smallest absolute Gasteiger partial charge is 0.305 e. The SMILES string of the molecule is CN(CCC(=O)O)C(=O)C(Cc1ccccc1)NC(=O)C(CCCN=C(N)N)NC(=O)C(Cc1ccc(O)cc1)N=C(N)N. The van der Waals surface area contributed by atoms with Crippen molar-refractivity contribution in [2.45, 2.75) is 50.2 Å². The number of nitrogens with one attached hydrogen (secondary N) is 2. The molecule has 3 amide bonds. The Morgan fingerprint density at radius 2 is 1.45 bits per heavy atom. The number of aliphatic imine (C=N–C) groups is 2. The summed E-state index contributed by atoms with van der Waals surface area (Å²) in [7, 11) is 1.45. The molecular formula is C29H41N9O6. The van der Waals surface area contributed by atoms with Crippen molar-refractivity contribution in [1.82, 2.24) is 15.5 Å². The number of phenols is 1. The van der Waals surface area contributed by atoms with Gasteiger partial charge in [0.05, 0.1) is 6.42 Å². The van der Waals surface area contributed by atoms with Crippen molar-refractivity contribution in [1.29, 1.82) is 0 Å². The van der Waals surface area contributed by atoms with Gasteiger partial charge in [0.1, 0.15) is 23.9 Å². The molecule has 0 spiro atoms. The third-order valence-corrected chi connectivity index (χ3v) is 6.49. The van der Waals surface area contributed by atoms with E-state index in [1.807, 2.05) is 6.07 Å². The molecule has 2 aromatic rings. The highest BCUT2D eigenvalue weighted by Gasteiger charge is 2.30. The van der Waals surface area contributed by atoms with Gasteiger partial charge in [0.15, 0.2) is 11.9 Å². The first-order valence-corrected chi connectivity index (χ1v) is 13.9. The van der Waals surface area contributed by atoms with Gasteiger partial charge in [-0.25, -0.2) is 4.99 Å². The first kappa shape index (κ1) is 34.9. The fourth-order valence-electron chi connectivity index (χ4n) is 4.23. The fraction of sp³-hybridized carbons (Fsp3) is 0.379. The molecule has 0 bridgehead atoms. The quantitative estimate of drug-likeness (QED) is 0.0600. The number of nitrogens with two attached hydrogens (primary N) is 4. The number of likely N-dealkylation sites (N-methyl/N-ethyl adjacent to an activating group) is 1. The van der Waals surface area contributed by atoms with Crippen LogP contribution in [-0.2, 0) is 32.0 Å². The molecule has 0 aliphatic rings. The van der Waals surface area contributed by atoms with Crippen molar-refractivity contribution in [3.8, 4) is 5.75 Å². The average molecular weight is 612 g/mol. The number of carbonyl (C=O) groups is 4. The highest BCUT2D eigenvalue weighted by molar-refractivity contribution is 5.94. The largest absolute Gasteiger partial charge is 0.508 e. The summed E-state index contributed by atoms with van der Waals surface area (Å²) in [5.74, 6) is -3.30. The summed E-state index contributed by atoms with van der Waals surface area (Å²) in [4.78, 5) is 60.7. The molecule has 2 rings (SSSR count). The summed E-state index contributed by atoms with van der Waals surface area (Å²) in [5, 5.41) is 24.1. The van der Waals surface area contributed by atoms with E-state index < -0.39 is 41.8 Å². The molecule has 0 saturated carbocycles. The zero-order valence-corrected chi connectivity index (χ0v) is 24.6. The molecule has 3 unspecified atom stereocenters. The third kappa shape index (κ3) is 12.7. The second-order valence-corrected chi connectivity index (χ2v) is 10.1. The maximum atomic E-state index is 13.7. The zero-order chi connectivity index (χ0) is 32.6. The molecule has 0 heterocycles. The van der Waals surface area contributed by atoms with Crippen molar-refractivity contribution in [3.63, 3.8) is 0 Å². The molecule has 0 fully saturated rings. The van der Waals surface area contributed by atoms with E-state index in [9.17, 15) is 24.3 Å². The van der Waals surface area contributed by atoms with Crippen LogP contribution in [0.5, 0.6) is 5.75 Å². The van der Waals surface area contributed by atoms with Crippen LogP contribution in [0.2, 0.25) is 0 Å². The summed E-state index contributed by atoms with van der Waals surface area (Å²) in [6.45, 7) is 0.114. The molecule has 2 aromatic carbocycles. The van der Waals surface area contributed by atoms with E-state index in [4.69, 9.17) is 28.0 Å². The van der Waals surface area contributed by atoms with Gasteiger partial charge in [-0.3, -0.25) is 24.2 Å². The molecule has 15 heteroatoms. The van der Waals surface area contributed by atoms with Gasteiger partial charge in [-0.2, -0.15) is 0 Å². The van der Waals surface area contributed by atoms with E-state index in [2.05, 4.69) is 20.6 Å². The second kappa shape index (κ2) is 17.6. The minimum atomic E-state index is -1.14. The number of hydrogen-bond acceptors (Lipinski definition) is 7. The lowest BCUT2D eigenvalue weighted by molar-refractivity contribution is -0.139. The predicted molar refractivity (Wildman–Crippen MR) is 165 cm³/mol. The Morgan fingerprint density at radius 3 is 2.05 bits per heavy atom. The molecule has 3 atom stereocenters. The van der Waals surface area contributed by atoms with Crippen LogP contribution in [0.15, 0.2) is 64.6 Å². The van der Waals surface area contributed by atoms with Gasteiger partial charge in [-0.05, 0) is 36.1 Å². The van der Waals surface area contributed by atoms with Crippen LogP contribution < -0.4 is 33.6 Å². The second-order valence-electron chi connectivity index (χ2n) is 10.1. The van der Waals surface area contributed by atoms with Crippen molar-refractivity contribution >= 4 is 35.6 Å². The summed E-state index contributed by atoms with van der Waals surface area (Å²) >= 11 is 0. The van der Waals surface area contributed by atoms with Crippen molar-refractivity contribution in [2.24, 2.45) is 32.9 Å². The number of amides is 3. The highest BCUT2D eigenvalue weighted by atomic mass is 16.4. The molecule has 238 valence electrons. The van der Waals surface area contributed by atoms with Gasteiger partial charge >= 0.3 is 5.97 Å². The number of carboxylic acids is 1. The maximum absolute atomic E-state index is 13.7. The van der Waals surface area contributed by atoms with Crippen molar-refractivity contribution < 1.29 is 29.4 Å². The van der Waals surface area contributed by atoms with Gasteiger partial charge in [0.25, 0.3) is 0 Å². The molecule has 12 N–H and O–H groups in total. The van der Waals surface area contributed by atoms with Gasteiger partial charge < -0.3 is 48.7 Å². The van der Waals surface area contributed by atoms with Gasteiger partial charge in [0.2, 0.25) is 17.7 Å². The first-order chi connectivity index (χ1) is 20.8. The minimum Gasteiger partial charge on any atom is -0.508 e. The van der Waals surface area contributed by atoms with E-state index >= 15 is 0 Å². The molecule has 0 aromatic heterocycles. The Labute approximate surface area is 255 Å². The van der Waals surface area contributed by atoms with Crippen LogP contribution in [0.4, 0.5) is 0 Å². The molecule has 0 saturated heterocycles. The number of rotatable bonds is 17. The number of aromatic hydroxyl groups is 1. The number of guanidine groups is 2. The zero-order valence-electron chi connectivity index (χ0n) is 24.6. The number of phenolic OH excluding ortho intramolecular Hbond substituents is 1. The number of hydrogen-bond donors (Lipinski definition) is 8. The summed E-state index contributed by atoms with van der Waals surface area (Å²) < 4.78 is 0. The maximum Gasteiger partial charge on any atom is 0.305 e. The number of benzene rings is 2. The Hall–Kier alpha value is -5.34. The van der Waals surface area contributed by atoms with Gasteiger partial charge in [-0.1, -0.05) is 42.5 Å². The summed E-state index contributed by atoms with van der Waals surface area (Å²) in [5.41, 5.74) is 23.4. The van der Waals surface area contributed by atoms with Crippen LogP contribution in [0.3, 0.4) is 0 Å². The van der Waals surface area contributed by atoms with E-state index in [1.54, 1.807) is 36.4 Å². The molecule has 0 radical (unpaired) electrons. The van der Waals surface area contributed by atoms with E-state index in [0.717, 1.165) is 5.56 Å². The monoisotopic (exact) mass is 611 g/mol. The Balaban J connectivity index is 2.31. The van der Waals surface area contributed by atoms with E-state index in [0.29, 0.717) is 12.0 Å².